The molecule has 1 aliphatic rings. The minimum Gasteiger partial charge on any atom is -0.493 e. The number of ether oxygens (including phenoxy) is 1. The second-order valence-corrected chi connectivity index (χ2v) is 6.43. The number of carbonyl (C=O) groups excluding carboxylic acids is 1. The number of carbonyl (C=O) groups is 1. The van der Waals surface area contributed by atoms with Crippen LogP contribution >= 0.6 is 15.9 Å². The van der Waals surface area contributed by atoms with Crippen LogP contribution in [-0.2, 0) is 12.8 Å². The molecule has 0 fully saturated rings. The van der Waals surface area contributed by atoms with Crippen molar-refractivity contribution in [1.29, 1.82) is 0 Å². The van der Waals surface area contributed by atoms with Gasteiger partial charge in [-0.25, -0.2) is 0 Å². The van der Waals surface area contributed by atoms with E-state index in [4.69, 9.17) is 4.74 Å². The summed E-state index contributed by atoms with van der Waals surface area (Å²) in [5.41, 5.74) is 5.07. The highest BCUT2D eigenvalue weighted by atomic mass is 79.9. The van der Waals surface area contributed by atoms with E-state index in [9.17, 15) is 4.79 Å². The summed E-state index contributed by atoms with van der Waals surface area (Å²) in [4.78, 5) is 12.7. The Bertz CT molecular complexity index is 699. The molecule has 0 N–H and O–H groups in total. The number of halogens is 1. The van der Waals surface area contributed by atoms with Gasteiger partial charge in [-0.15, -0.1) is 0 Å². The molecule has 0 spiro atoms. The van der Waals surface area contributed by atoms with Crippen LogP contribution in [0.3, 0.4) is 0 Å². The summed E-state index contributed by atoms with van der Waals surface area (Å²) in [6, 6.07) is 10.0. The van der Waals surface area contributed by atoms with Crippen LogP contribution in [0.1, 0.15) is 32.6 Å². The number of rotatable bonds is 3. The number of Topliss-reactive ketones (excluding diaryl/α,β-unsaturated/α-hetero) is 1. The highest BCUT2D eigenvalue weighted by Gasteiger charge is 2.21. The second kappa shape index (κ2) is 5.64. The molecule has 1 aliphatic heterocycles. The summed E-state index contributed by atoms with van der Waals surface area (Å²) in [6.07, 6.45) is 1.30. The fourth-order valence-electron chi connectivity index (χ4n) is 2.99. The molecule has 0 atom stereocenters. The number of hydrogen-bond donors (Lipinski definition) is 0. The van der Waals surface area contributed by atoms with Gasteiger partial charge >= 0.3 is 0 Å². The molecule has 2 aromatic carbocycles. The van der Waals surface area contributed by atoms with Crippen molar-refractivity contribution in [2.45, 2.75) is 26.7 Å². The van der Waals surface area contributed by atoms with Crippen LogP contribution < -0.4 is 4.74 Å². The third kappa shape index (κ3) is 2.75. The van der Waals surface area contributed by atoms with Gasteiger partial charge in [-0.05, 0) is 42.7 Å². The molecule has 21 heavy (non-hydrogen) atoms. The predicted molar refractivity (Wildman–Crippen MR) is 87.3 cm³/mol. The molecule has 1 heterocycles. The van der Waals surface area contributed by atoms with Crippen LogP contribution in [0.15, 0.2) is 34.8 Å². The lowest BCUT2D eigenvalue weighted by Crippen LogP contribution is -2.09. The van der Waals surface area contributed by atoms with Crippen molar-refractivity contribution in [2.24, 2.45) is 0 Å². The third-order valence-corrected chi connectivity index (χ3v) is 4.39. The largest absolute Gasteiger partial charge is 0.493 e. The van der Waals surface area contributed by atoms with Gasteiger partial charge in [0.1, 0.15) is 5.75 Å². The van der Waals surface area contributed by atoms with E-state index in [0.717, 1.165) is 38.9 Å². The number of ketones is 1. The fraction of sp³-hybridized carbons (Fsp3) is 0.278. The summed E-state index contributed by atoms with van der Waals surface area (Å²) < 4.78 is 6.72. The summed E-state index contributed by atoms with van der Waals surface area (Å²) >= 11 is 3.52. The summed E-state index contributed by atoms with van der Waals surface area (Å²) in [5, 5.41) is 0. The molecule has 2 nitrogen and oxygen atoms in total. The molecular formula is C18H17BrO2. The smallest absolute Gasteiger partial charge is 0.167 e. The number of aryl methyl sites for hydroxylation is 2. The zero-order valence-electron chi connectivity index (χ0n) is 12.2. The van der Waals surface area contributed by atoms with E-state index in [0.29, 0.717) is 13.0 Å². The quantitative estimate of drug-likeness (QED) is 0.770. The zero-order chi connectivity index (χ0) is 15.0. The van der Waals surface area contributed by atoms with Gasteiger partial charge in [0.15, 0.2) is 5.78 Å². The van der Waals surface area contributed by atoms with Gasteiger partial charge < -0.3 is 4.74 Å². The van der Waals surface area contributed by atoms with E-state index in [1.54, 1.807) is 0 Å². The van der Waals surface area contributed by atoms with Crippen molar-refractivity contribution >= 4 is 21.7 Å². The number of hydrogen-bond acceptors (Lipinski definition) is 2. The minimum absolute atomic E-state index is 0.154. The van der Waals surface area contributed by atoms with Gasteiger partial charge in [0.25, 0.3) is 0 Å². The van der Waals surface area contributed by atoms with Gasteiger partial charge in [0.05, 0.1) is 6.61 Å². The second-order valence-electron chi connectivity index (χ2n) is 5.52. The number of benzene rings is 2. The molecule has 3 heteroatoms. The molecule has 0 radical (unpaired) electrons. The highest BCUT2D eigenvalue weighted by Crippen LogP contribution is 2.34. The lowest BCUT2D eigenvalue weighted by molar-refractivity contribution is 0.0991. The Morgan fingerprint density at radius 2 is 1.95 bits per heavy atom. The first kappa shape index (κ1) is 14.3. The van der Waals surface area contributed by atoms with Gasteiger partial charge in [-0.3, -0.25) is 4.79 Å². The molecule has 0 unspecified atom stereocenters. The van der Waals surface area contributed by atoms with Crippen molar-refractivity contribution in [3.05, 3.63) is 62.6 Å². The Balaban J connectivity index is 1.96. The van der Waals surface area contributed by atoms with Crippen LogP contribution in [0, 0.1) is 13.8 Å². The molecule has 0 bridgehead atoms. The van der Waals surface area contributed by atoms with Crippen molar-refractivity contribution in [2.75, 3.05) is 6.61 Å². The number of fused-ring (bicyclic) bond motifs is 1. The Hall–Kier alpha value is -1.61. The first-order valence-corrected chi connectivity index (χ1v) is 7.89. The molecule has 2 aromatic rings. The molecule has 0 saturated heterocycles. The van der Waals surface area contributed by atoms with Crippen molar-refractivity contribution in [3.8, 4) is 5.75 Å². The Morgan fingerprint density at radius 1 is 1.24 bits per heavy atom. The monoisotopic (exact) mass is 344 g/mol. The van der Waals surface area contributed by atoms with Crippen LogP contribution in [0.4, 0.5) is 0 Å². The SMILES string of the molecule is Cc1cccc(C)c1C(=O)Cc1cc(Br)cc2c1OCC2. The summed E-state index contributed by atoms with van der Waals surface area (Å²) in [7, 11) is 0. The highest BCUT2D eigenvalue weighted by molar-refractivity contribution is 9.10. The van der Waals surface area contributed by atoms with E-state index < -0.39 is 0 Å². The Morgan fingerprint density at radius 3 is 2.67 bits per heavy atom. The van der Waals surface area contributed by atoms with Crippen LogP contribution in [0.5, 0.6) is 5.75 Å². The average Bonchev–Trinajstić information content (AvgIpc) is 2.86. The molecule has 0 aliphatic carbocycles. The van der Waals surface area contributed by atoms with Crippen LogP contribution in [0.25, 0.3) is 0 Å². The van der Waals surface area contributed by atoms with Gasteiger partial charge in [0.2, 0.25) is 0 Å². The first-order valence-electron chi connectivity index (χ1n) is 7.10. The third-order valence-electron chi connectivity index (χ3n) is 3.94. The standard InChI is InChI=1S/C18H17BrO2/c1-11-4-3-5-12(2)17(11)16(20)10-14-9-15(19)8-13-6-7-21-18(13)14/h3-5,8-9H,6-7,10H2,1-2H3. The molecule has 0 saturated carbocycles. The topological polar surface area (TPSA) is 26.3 Å². The van der Waals surface area contributed by atoms with E-state index in [1.807, 2.05) is 38.1 Å². The maximum absolute atomic E-state index is 12.7. The molecular weight excluding hydrogens is 328 g/mol. The Kier molecular flexibility index (Phi) is 3.85. The molecule has 0 aromatic heterocycles. The van der Waals surface area contributed by atoms with E-state index in [1.165, 1.54) is 5.56 Å². The van der Waals surface area contributed by atoms with E-state index >= 15 is 0 Å². The van der Waals surface area contributed by atoms with Crippen LogP contribution in [0.2, 0.25) is 0 Å². The molecule has 3 rings (SSSR count). The molecule has 0 amide bonds. The summed E-state index contributed by atoms with van der Waals surface area (Å²) in [6.45, 7) is 4.68. The minimum atomic E-state index is 0.154. The van der Waals surface area contributed by atoms with Crippen LogP contribution in [-0.4, -0.2) is 12.4 Å². The van der Waals surface area contributed by atoms with E-state index in [2.05, 4.69) is 22.0 Å². The molecule has 108 valence electrons. The van der Waals surface area contributed by atoms with Gasteiger partial charge in [0, 0.05) is 28.4 Å². The maximum Gasteiger partial charge on any atom is 0.167 e. The Labute approximate surface area is 133 Å². The van der Waals surface area contributed by atoms with E-state index in [-0.39, 0.29) is 5.78 Å². The van der Waals surface area contributed by atoms with Crippen molar-refractivity contribution in [1.82, 2.24) is 0 Å². The average molecular weight is 345 g/mol. The lowest BCUT2D eigenvalue weighted by Gasteiger charge is -2.11. The van der Waals surface area contributed by atoms with Gasteiger partial charge in [-0.2, -0.15) is 0 Å². The lowest BCUT2D eigenvalue weighted by atomic mass is 9.94. The predicted octanol–water partition coefficient (Wildman–Crippen LogP) is 4.43. The van der Waals surface area contributed by atoms with Crippen molar-refractivity contribution < 1.29 is 9.53 Å². The summed E-state index contributed by atoms with van der Waals surface area (Å²) in [5.74, 6) is 1.05. The van der Waals surface area contributed by atoms with Crippen molar-refractivity contribution in [3.63, 3.8) is 0 Å². The van der Waals surface area contributed by atoms with Gasteiger partial charge in [-0.1, -0.05) is 34.1 Å². The maximum atomic E-state index is 12.7. The zero-order valence-corrected chi connectivity index (χ0v) is 13.8. The fourth-order valence-corrected chi connectivity index (χ4v) is 3.55. The first-order chi connectivity index (χ1) is 10.1. The normalized spacial score (nSPS) is 12.9.